The lowest BCUT2D eigenvalue weighted by atomic mass is 9.53. The summed E-state index contributed by atoms with van der Waals surface area (Å²) in [6.07, 6.45) is 7.18. The summed E-state index contributed by atoms with van der Waals surface area (Å²) in [7, 11) is 3.97. The van der Waals surface area contributed by atoms with Crippen molar-refractivity contribution in [2.75, 3.05) is 19.1 Å². The highest BCUT2D eigenvalue weighted by atomic mass is 16.5. The highest BCUT2D eigenvalue weighted by Gasteiger charge is 2.47. The van der Waals surface area contributed by atoms with Gasteiger partial charge in [0.2, 0.25) is 0 Å². The van der Waals surface area contributed by atoms with Gasteiger partial charge < -0.3 is 9.64 Å². The van der Waals surface area contributed by atoms with E-state index in [1.165, 1.54) is 60.2 Å². The number of hydrogen-bond donors (Lipinski definition) is 0. The highest BCUT2D eigenvalue weighted by Crippen LogP contribution is 2.60. The van der Waals surface area contributed by atoms with E-state index in [-0.39, 0.29) is 0 Å². The van der Waals surface area contributed by atoms with Crippen molar-refractivity contribution in [1.82, 2.24) is 0 Å². The molecule has 0 amide bonds. The molecule has 0 unspecified atom stereocenters. The lowest BCUT2D eigenvalue weighted by Gasteiger charge is -2.53. The van der Waals surface area contributed by atoms with Gasteiger partial charge in [-0.25, -0.2) is 0 Å². The third-order valence-electron chi connectivity index (χ3n) is 7.66. The topological polar surface area (TPSA) is 12.5 Å². The van der Waals surface area contributed by atoms with Crippen LogP contribution in [-0.2, 0) is 0 Å². The standard InChI is InChI=1S/C25H27NO/c1-26-21-8-4-3-6-19(21)24(20-7-5-9-22(27-2)25(20)26)23-17-11-15-10-16(13-17)14-18(23)12-15/h3-9,15-18H,10-14H2,1-2H3. The van der Waals surface area contributed by atoms with Crippen LogP contribution >= 0.6 is 0 Å². The second-order valence-corrected chi connectivity index (χ2v) is 9.07. The fourth-order valence-electron chi connectivity index (χ4n) is 6.89. The van der Waals surface area contributed by atoms with Gasteiger partial charge in [0, 0.05) is 23.9 Å². The van der Waals surface area contributed by atoms with Crippen molar-refractivity contribution in [2.45, 2.75) is 32.1 Å². The lowest BCUT2D eigenvalue weighted by molar-refractivity contribution is 0.0705. The molecule has 4 aliphatic carbocycles. The summed E-state index contributed by atoms with van der Waals surface area (Å²) in [5.41, 5.74) is 8.64. The molecule has 1 heterocycles. The van der Waals surface area contributed by atoms with Crippen LogP contribution in [0.2, 0.25) is 0 Å². The highest BCUT2D eigenvalue weighted by molar-refractivity contribution is 6.00. The van der Waals surface area contributed by atoms with E-state index >= 15 is 0 Å². The molecule has 2 nitrogen and oxygen atoms in total. The average Bonchev–Trinajstić information content (AvgIpc) is 2.69. The Hall–Kier alpha value is -2.22. The van der Waals surface area contributed by atoms with E-state index in [9.17, 15) is 0 Å². The summed E-state index contributed by atoms with van der Waals surface area (Å²) in [5, 5.41) is 0. The predicted molar refractivity (Wildman–Crippen MR) is 111 cm³/mol. The van der Waals surface area contributed by atoms with Gasteiger partial charge in [0.1, 0.15) is 5.75 Å². The first kappa shape index (κ1) is 15.8. The Bertz CT molecular complexity index is 927. The van der Waals surface area contributed by atoms with Gasteiger partial charge >= 0.3 is 0 Å². The van der Waals surface area contributed by atoms with Crippen molar-refractivity contribution in [3.8, 4) is 5.75 Å². The minimum absolute atomic E-state index is 0.798. The SMILES string of the molecule is COc1cccc2c1N(C)c1ccccc1C2=C1C2CC3CC(C2)CC1C3. The summed E-state index contributed by atoms with van der Waals surface area (Å²) < 4.78 is 5.79. The molecule has 138 valence electrons. The predicted octanol–water partition coefficient (Wildman–Crippen LogP) is 6.03. The number of benzene rings is 2. The van der Waals surface area contributed by atoms with Crippen LogP contribution in [0.25, 0.3) is 5.57 Å². The van der Waals surface area contributed by atoms with Crippen LogP contribution < -0.4 is 9.64 Å². The number of methoxy groups -OCH3 is 1. The Kier molecular flexibility index (Phi) is 3.30. The van der Waals surface area contributed by atoms with Crippen molar-refractivity contribution in [3.63, 3.8) is 0 Å². The van der Waals surface area contributed by atoms with Gasteiger partial charge in [0.15, 0.2) is 0 Å². The molecule has 1 aliphatic heterocycles. The average molecular weight is 357 g/mol. The minimum Gasteiger partial charge on any atom is -0.495 e. The van der Waals surface area contributed by atoms with Crippen LogP contribution in [-0.4, -0.2) is 14.2 Å². The number of ether oxygens (including phenoxy) is 1. The maximum atomic E-state index is 5.79. The number of rotatable bonds is 1. The van der Waals surface area contributed by atoms with Gasteiger partial charge in [0.05, 0.1) is 12.8 Å². The van der Waals surface area contributed by atoms with Crippen molar-refractivity contribution in [3.05, 3.63) is 59.2 Å². The van der Waals surface area contributed by atoms with Crippen molar-refractivity contribution < 1.29 is 4.74 Å². The van der Waals surface area contributed by atoms with Crippen LogP contribution in [0.15, 0.2) is 48.0 Å². The van der Waals surface area contributed by atoms with Crippen molar-refractivity contribution in [1.29, 1.82) is 0 Å². The molecule has 0 saturated heterocycles. The zero-order chi connectivity index (χ0) is 18.1. The second-order valence-electron chi connectivity index (χ2n) is 9.07. The Morgan fingerprint density at radius 1 is 0.815 bits per heavy atom. The Morgan fingerprint density at radius 3 is 2.19 bits per heavy atom. The zero-order valence-corrected chi connectivity index (χ0v) is 16.2. The molecule has 27 heavy (non-hydrogen) atoms. The summed E-state index contributed by atoms with van der Waals surface area (Å²) in [6, 6.07) is 15.5. The van der Waals surface area contributed by atoms with Crippen molar-refractivity contribution >= 4 is 16.9 Å². The third-order valence-corrected chi connectivity index (χ3v) is 7.66. The maximum Gasteiger partial charge on any atom is 0.143 e. The van der Waals surface area contributed by atoms with Gasteiger partial charge in [-0.1, -0.05) is 35.9 Å². The molecule has 0 radical (unpaired) electrons. The number of fused-ring (bicyclic) bond motifs is 2. The van der Waals surface area contributed by atoms with E-state index in [4.69, 9.17) is 4.74 Å². The first-order valence-corrected chi connectivity index (χ1v) is 10.5. The molecule has 0 aromatic heterocycles. The molecule has 7 rings (SSSR count). The molecular formula is C25H27NO. The quantitative estimate of drug-likeness (QED) is 0.617. The fraction of sp³-hybridized carbons (Fsp3) is 0.440. The normalized spacial score (nSPS) is 30.4. The molecular weight excluding hydrogens is 330 g/mol. The number of anilines is 2. The summed E-state index contributed by atoms with van der Waals surface area (Å²) in [6.45, 7) is 0. The molecule has 4 bridgehead atoms. The van der Waals surface area contributed by atoms with E-state index in [0.29, 0.717) is 0 Å². The lowest BCUT2D eigenvalue weighted by Crippen LogP contribution is -2.41. The summed E-state index contributed by atoms with van der Waals surface area (Å²) >= 11 is 0. The van der Waals surface area contributed by atoms with E-state index in [0.717, 1.165) is 29.4 Å². The summed E-state index contributed by atoms with van der Waals surface area (Å²) in [4.78, 5) is 2.32. The van der Waals surface area contributed by atoms with Crippen molar-refractivity contribution in [2.24, 2.45) is 23.7 Å². The largest absolute Gasteiger partial charge is 0.495 e. The molecule has 2 aromatic carbocycles. The minimum atomic E-state index is 0.798. The summed E-state index contributed by atoms with van der Waals surface area (Å²) in [5.74, 6) is 4.55. The van der Waals surface area contributed by atoms with E-state index in [1.807, 2.05) is 0 Å². The molecule has 0 N–H and O–H groups in total. The number of nitrogens with zero attached hydrogens (tertiary/aromatic N) is 1. The second kappa shape index (κ2) is 5.64. The molecule has 0 spiro atoms. The number of allylic oxidation sites excluding steroid dienone is 1. The van der Waals surface area contributed by atoms with Crippen LogP contribution in [0.1, 0.15) is 43.2 Å². The molecule has 5 aliphatic rings. The Labute approximate surface area is 161 Å². The first-order valence-electron chi connectivity index (χ1n) is 10.5. The zero-order valence-electron chi connectivity index (χ0n) is 16.2. The number of hydrogen-bond acceptors (Lipinski definition) is 2. The molecule has 4 saturated carbocycles. The van der Waals surface area contributed by atoms with Gasteiger partial charge in [-0.2, -0.15) is 0 Å². The molecule has 4 fully saturated rings. The van der Waals surface area contributed by atoms with Gasteiger partial charge in [-0.15, -0.1) is 0 Å². The van der Waals surface area contributed by atoms with Crippen LogP contribution in [0, 0.1) is 23.7 Å². The van der Waals surface area contributed by atoms with Crippen LogP contribution in [0.5, 0.6) is 5.75 Å². The number of para-hydroxylation sites is 2. The Balaban J connectivity index is 1.66. The maximum absolute atomic E-state index is 5.79. The van der Waals surface area contributed by atoms with E-state index in [1.54, 1.807) is 12.7 Å². The smallest absolute Gasteiger partial charge is 0.143 e. The molecule has 2 heteroatoms. The Morgan fingerprint density at radius 2 is 1.48 bits per heavy atom. The third kappa shape index (κ3) is 2.13. The van der Waals surface area contributed by atoms with Crippen LogP contribution in [0.4, 0.5) is 11.4 Å². The van der Waals surface area contributed by atoms with Gasteiger partial charge in [-0.05, 0) is 73.5 Å². The van der Waals surface area contributed by atoms with Gasteiger partial charge in [-0.3, -0.25) is 0 Å². The monoisotopic (exact) mass is 357 g/mol. The van der Waals surface area contributed by atoms with E-state index < -0.39 is 0 Å². The first-order chi connectivity index (χ1) is 13.2. The molecule has 0 atom stereocenters. The fourth-order valence-corrected chi connectivity index (χ4v) is 6.89. The van der Waals surface area contributed by atoms with E-state index in [2.05, 4.69) is 54.4 Å². The molecule has 2 aromatic rings. The van der Waals surface area contributed by atoms with Crippen LogP contribution in [0.3, 0.4) is 0 Å². The van der Waals surface area contributed by atoms with Gasteiger partial charge in [0.25, 0.3) is 0 Å².